The summed E-state index contributed by atoms with van der Waals surface area (Å²) in [4.78, 5) is 6.29. The minimum absolute atomic E-state index is 0.273. The number of rotatable bonds is 12. The number of nitrogens with zero attached hydrogens (tertiary/aromatic N) is 3. The second-order valence-electron chi connectivity index (χ2n) is 16.6. The van der Waals surface area contributed by atoms with Crippen LogP contribution >= 0.6 is 0 Å². The van der Waals surface area contributed by atoms with Gasteiger partial charge in [0.05, 0.1) is 16.7 Å². The van der Waals surface area contributed by atoms with Gasteiger partial charge in [-0.2, -0.15) is 0 Å². The van der Waals surface area contributed by atoms with Gasteiger partial charge in [-0.15, -0.1) is 0 Å². The summed E-state index contributed by atoms with van der Waals surface area (Å²) < 4.78 is 52.6. The molecule has 0 aromatic heterocycles. The van der Waals surface area contributed by atoms with Crippen molar-refractivity contribution in [3.63, 3.8) is 0 Å². The van der Waals surface area contributed by atoms with E-state index in [2.05, 4.69) is 39.9 Å². The van der Waals surface area contributed by atoms with E-state index in [0.29, 0.717) is 5.92 Å². The lowest BCUT2D eigenvalue weighted by Gasteiger charge is -2.29. The third-order valence-corrected chi connectivity index (χ3v) is 12.1. The standard InChI is InChI=1S/C61H46F3N3/c1-43-18-17-29-55(42-43)67(51-27-15-6-16-28-51)54-40-34-46(35-41-54)58-60(63)56(44-30-36-52(37-31-44)65(47-19-7-2-8-20-47)48-21-9-3-10-22-48)59(62)57(61(58)64)45-32-38-53(39-33-45)66(49-23-11-4-12-24-49)50-25-13-5-14-26-50/h2-17,19-43H,18H2,1H3. The number of halogens is 3. The summed E-state index contributed by atoms with van der Waals surface area (Å²) >= 11 is 0. The van der Waals surface area contributed by atoms with E-state index in [0.717, 1.165) is 57.6 Å². The van der Waals surface area contributed by atoms with Crippen molar-refractivity contribution in [3.05, 3.63) is 266 Å². The van der Waals surface area contributed by atoms with Crippen LogP contribution in [0, 0.1) is 23.4 Å². The number of anilines is 8. The maximum absolute atomic E-state index is 17.5. The molecule has 1 aliphatic carbocycles. The number of para-hydroxylation sites is 5. The van der Waals surface area contributed by atoms with Crippen LogP contribution in [0.5, 0.6) is 0 Å². The molecule has 1 atom stereocenters. The first-order valence-corrected chi connectivity index (χ1v) is 22.5. The third kappa shape index (κ3) is 8.65. The SMILES string of the molecule is CC1C=C(N(c2ccccc2)c2ccc(-c3c(F)c(-c4ccc(N(c5ccccc5)c5ccccc5)cc4)c(F)c(-c4ccc(N(c5ccccc5)c5ccccc5)cc4)c3F)cc2)C=CC1. The van der Waals surface area contributed by atoms with E-state index in [1.54, 1.807) is 36.4 Å². The molecule has 0 saturated heterocycles. The molecular weight excluding hydrogens is 832 g/mol. The Morgan fingerprint density at radius 2 is 0.582 bits per heavy atom. The van der Waals surface area contributed by atoms with Gasteiger partial charge in [0.15, 0.2) is 0 Å². The average molecular weight is 878 g/mol. The van der Waals surface area contributed by atoms with E-state index in [1.807, 2.05) is 188 Å². The largest absolute Gasteiger partial charge is 0.311 e. The van der Waals surface area contributed by atoms with Gasteiger partial charge >= 0.3 is 0 Å². The van der Waals surface area contributed by atoms with Crippen molar-refractivity contribution >= 4 is 45.5 Å². The Labute approximate surface area is 390 Å². The molecule has 0 spiro atoms. The highest BCUT2D eigenvalue weighted by atomic mass is 19.1. The molecule has 0 fully saturated rings. The predicted octanol–water partition coefficient (Wildman–Crippen LogP) is 17.7. The number of allylic oxidation sites excluding steroid dienone is 3. The Morgan fingerprint density at radius 1 is 0.328 bits per heavy atom. The molecule has 1 aliphatic rings. The molecule has 0 amide bonds. The highest BCUT2D eigenvalue weighted by Gasteiger charge is 2.29. The van der Waals surface area contributed by atoms with Crippen molar-refractivity contribution in [2.45, 2.75) is 13.3 Å². The maximum atomic E-state index is 17.5. The third-order valence-electron chi connectivity index (χ3n) is 12.1. The summed E-state index contributed by atoms with van der Waals surface area (Å²) in [7, 11) is 0. The van der Waals surface area contributed by atoms with Crippen LogP contribution in [-0.4, -0.2) is 0 Å². The fraction of sp³-hybridized carbons (Fsp3) is 0.0492. The minimum Gasteiger partial charge on any atom is -0.311 e. The predicted molar refractivity (Wildman–Crippen MR) is 272 cm³/mol. The first-order chi connectivity index (χ1) is 32.9. The lowest BCUT2D eigenvalue weighted by molar-refractivity contribution is 0.557. The van der Waals surface area contributed by atoms with Crippen LogP contribution in [0.3, 0.4) is 0 Å². The van der Waals surface area contributed by atoms with E-state index in [-0.39, 0.29) is 33.4 Å². The number of hydrogen-bond acceptors (Lipinski definition) is 3. The molecule has 0 heterocycles. The molecule has 9 aromatic carbocycles. The fourth-order valence-corrected chi connectivity index (χ4v) is 8.95. The molecule has 1 unspecified atom stereocenters. The quantitative estimate of drug-likeness (QED) is 0.121. The van der Waals surface area contributed by atoms with Crippen LogP contribution in [-0.2, 0) is 0 Å². The van der Waals surface area contributed by atoms with Crippen molar-refractivity contribution < 1.29 is 13.2 Å². The van der Waals surface area contributed by atoms with Crippen molar-refractivity contribution in [2.75, 3.05) is 14.7 Å². The van der Waals surface area contributed by atoms with Crippen LogP contribution in [0.4, 0.5) is 58.7 Å². The van der Waals surface area contributed by atoms with Crippen LogP contribution in [0.2, 0.25) is 0 Å². The molecule has 326 valence electrons. The van der Waals surface area contributed by atoms with Gasteiger partial charge < -0.3 is 14.7 Å². The lowest BCUT2D eigenvalue weighted by atomic mass is 9.90. The van der Waals surface area contributed by atoms with Crippen molar-refractivity contribution in [1.82, 2.24) is 0 Å². The van der Waals surface area contributed by atoms with Gasteiger partial charge in [0.25, 0.3) is 0 Å². The van der Waals surface area contributed by atoms with Crippen molar-refractivity contribution in [3.8, 4) is 33.4 Å². The van der Waals surface area contributed by atoms with E-state index in [1.165, 1.54) is 0 Å². The molecule has 0 bridgehead atoms. The molecule has 0 N–H and O–H groups in total. The van der Waals surface area contributed by atoms with Gasteiger partial charge in [0, 0.05) is 51.2 Å². The van der Waals surface area contributed by atoms with E-state index >= 15 is 13.2 Å². The summed E-state index contributed by atoms with van der Waals surface area (Å²) in [6.45, 7) is 2.18. The molecule has 0 radical (unpaired) electrons. The Hall–Kier alpha value is -8.35. The second-order valence-corrected chi connectivity index (χ2v) is 16.6. The molecule has 10 rings (SSSR count). The molecule has 67 heavy (non-hydrogen) atoms. The van der Waals surface area contributed by atoms with Crippen LogP contribution < -0.4 is 14.7 Å². The monoisotopic (exact) mass is 877 g/mol. The average Bonchev–Trinajstić information content (AvgIpc) is 3.37. The first kappa shape index (κ1) is 42.6. The van der Waals surface area contributed by atoms with Gasteiger partial charge in [-0.25, -0.2) is 13.2 Å². The lowest BCUT2D eigenvalue weighted by Crippen LogP contribution is -2.17. The summed E-state index contributed by atoms with van der Waals surface area (Å²) in [6, 6.07) is 71.0. The van der Waals surface area contributed by atoms with Crippen LogP contribution in [0.15, 0.2) is 248 Å². The maximum Gasteiger partial charge on any atom is 0.144 e. The smallest absolute Gasteiger partial charge is 0.144 e. The zero-order valence-corrected chi connectivity index (χ0v) is 36.9. The Kier molecular flexibility index (Phi) is 12.1. The summed E-state index contributed by atoms with van der Waals surface area (Å²) in [6.07, 6.45) is 7.44. The Morgan fingerprint density at radius 3 is 0.866 bits per heavy atom. The highest BCUT2D eigenvalue weighted by molar-refractivity contribution is 5.87. The van der Waals surface area contributed by atoms with Gasteiger partial charge in [-0.05, 0) is 132 Å². The van der Waals surface area contributed by atoms with Crippen molar-refractivity contribution in [1.29, 1.82) is 0 Å². The second kappa shape index (κ2) is 19.0. The normalized spacial score (nSPS) is 13.2. The number of hydrogen-bond donors (Lipinski definition) is 0. The van der Waals surface area contributed by atoms with E-state index < -0.39 is 17.5 Å². The van der Waals surface area contributed by atoms with Crippen LogP contribution in [0.25, 0.3) is 33.4 Å². The summed E-state index contributed by atoms with van der Waals surface area (Å²) in [5.74, 6) is -2.61. The van der Waals surface area contributed by atoms with Crippen LogP contribution in [0.1, 0.15) is 13.3 Å². The molecule has 0 aliphatic heterocycles. The summed E-state index contributed by atoms with van der Waals surface area (Å²) in [5.41, 5.74) is 7.93. The molecule has 6 heteroatoms. The molecule has 3 nitrogen and oxygen atoms in total. The zero-order chi connectivity index (χ0) is 45.7. The zero-order valence-electron chi connectivity index (χ0n) is 36.9. The van der Waals surface area contributed by atoms with E-state index in [4.69, 9.17) is 0 Å². The molecular formula is C61H46F3N3. The van der Waals surface area contributed by atoms with Gasteiger partial charge in [0.1, 0.15) is 17.5 Å². The molecule has 0 saturated carbocycles. The van der Waals surface area contributed by atoms with Gasteiger partial charge in [-0.3, -0.25) is 0 Å². The molecule has 9 aromatic rings. The Bertz CT molecular complexity index is 2930. The highest BCUT2D eigenvalue weighted by Crippen LogP contribution is 2.45. The topological polar surface area (TPSA) is 9.72 Å². The van der Waals surface area contributed by atoms with Crippen molar-refractivity contribution in [2.24, 2.45) is 5.92 Å². The first-order valence-electron chi connectivity index (χ1n) is 22.5. The number of benzene rings is 9. The van der Waals surface area contributed by atoms with E-state index in [9.17, 15) is 0 Å². The fourth-order valence-electron chi connectivity index (χ4n) is 8.95. The van der Waals surface area contributed by atoms with Gasteiger partial charge in [-0.1, -0.05) is 146 Å². The Balaban J connectivity index is 1.11. The minimum atomic E-state index is -0.984. The summed E-state index contributed by atoms with van der Waals surface area (Å²) in [5, 5.41) is 0. The van der Waals surface area contributed by atoms with Gasteiger partial charge in [0.2, 0.25) is 0 Å².